The van der Waals surface area contributed by atoms with Gasteiger partial charge in [-0.2, -0.15) is 0 Å². The predicted octanol–water partition coefficient (Wildman–Crippen LogP) is 5.56. The van der Waals surface area contributed by atoms with E-state index >= 15 is 0 Å². The number of rotatable bonds is 5. The smallest absolute Gasteiger partial charge is 0.182 e. The predicted molar refractivity (Wildman–Crippen MR) is 119 cm³/mol. The monoisotopic (exact) mass is 436 g/mol. The van der Waals surface area contributed by atoms with E-state index in [-0.39, 0.29) is 0 Å². The summed E-state index contributed by atoms with van der Waals surface area (Å²) in [6.07, 6.45) is 1.70. The SMILES string of the molecule is COc1ccc(-c2nc3c4ccsc4ncn3n2)cc1COc1ccc(Cl)c(C)c1. The third-order valence-corrected chi connectivity index (χ3v) is 6.11. The molecule has 0 saturated carbocycles. The second-order valence-corrected chi connectivity index (χ2v) is 8.12. The van der Waals surface area contributed by atoms with Gasteiger partial charge in [0.25, 0.3) is 0 Å². The van der Waals surface area contributed by atoms with Gasteiger partial charge in [0.2, 0.25) is 0 Å². The minimum Gasteiger partial charge on any atom is -0.496 e. The largest absolute Gasteiger partial charge is 0.496 e. The molecule has 8 heteroatoms. The molecule has 2 aromatic carbocycles. The highest BCUT2D eigenvalue weighted by Gasteiger charge is 2.13. The lowest BCUT2D eigenvalue weighted by molar-refractivity contribution is 0.296. The van der Waals surface area contributed by atoms with Crippen molar-refractivity contribution in [1.29, 1.82) is 0 Å². The second kappa shape index (κ2) is 7.59. The first-order valence-corrected chi connectivity index (χ1v) is 10.5. The maximum Gasteiger partial charge on any atom is 0.182 e. The number of thiophene rings is 1. The molecule has 0 atom stereocenters. The molecule has 0 saturated heterocycles. The van der Waals surface area contributed by atoms with E-state index in [0.717, 1.165) is 44.1 Å². The Bertz CT molecular complexity index is 1380. The van der Waals surface area contributed by atoms with Crippen LogP contribution in [0.25, 0.3) is 27.3 Å². The number of fused-ring (bicyclic) bond motifs is 3. The summed E-state index contributed by atoms with van der Waals surface area (Å²) in [4.78, 5) is 10.1. The first-order valence-electron chi connectivity index (χ1n) is 9.27. The van der Waals surface area contributed by atoms with E-state index in [1.807, 2.05) is 54.8 Å². The Morgan fingerprint density at radius 3 is 2.87 bits per heavy atom. The van der Waals surface area contributed by atoms with Gasteiger partial charge < -0.3 is 9.47 Å². The number of halogens is 1. The average Bonchev–Trinajstić information content (AvgIpc) is 3.40. The van der Waals surface area contributed by atoms with Crippen LogP contribution in [-0.2, 0) is 6.61 Å². The highest BCUT2D eigenvalue weighted by Crippen LogP contribution is 2.29. The third-order valence-electron chi connectivity index (χ3n) is 4.86. The average molecular weight is 437 g/mol. The molecule has 5 aromatic rings. The molecular weight excluding hydrogens is 420 g/mol. The number of nitrogens with zero attached hydrogens (tertiary/aromatic N) is 4. The fourth-order valence-electron chi connectivity index (χ4n) is 3.29. The van der Waals surface area contributed by atoms with E-state index in [9.17, 15) is 0 Å². The Balaban J connectivity index is 1.49. The molecule has 0 aliphatic heterocycles. The van der Waals surface area contributed by atoms with Gasteiger partial charge in [-0.05, 0) is 60.3 Å². The van der Waals surface area contributed by atoms with Gasteiger partial charge in [-0.1, -0.05) is 11.6 Å². The molecule has 5 rings (SSSR count). The summed E-state index contributed by atoms with van der Waals surface area (Å²) in [5, 5.41) is 8.32. The van der Waals surface area contributed by atoms with Gasteiger partial charge in [-0.15, -0.1) is 16.4 Å². The lowest BCUT2D eigenvalue weighted by atomic mass is 10.1. The van der Waals surface area contributed by atoms with E-state index in [1.54, 1.807) is 29.3 Å². The van der Waals surface area contributed by atoms with Crippen molar-refractivity contribution in [3.05, 3.63) is 70.3 Å². The number of methoxy groups -OCH3 is 1. The highest BCUT2D eigenvalue weighted by molar-refractivity contribution is 7.16. The Morgan fingerprint density at radius 1 is 1.13 bits per heavy atom. The number of aromatic nitrogens is 4. The summed E-state index contributed by atoms with van der Waals surface area (Å²) in [5.74, 6) is 2.12. The van der Waals surface area contributed by atoms with Crippen molar-refractivity contribution in [1.82, 2.24) is 19.6 Å². The van der Waals surface area contributed by atoms with Crippen LogP contribution in [-0.4, -0.2) is 26.7 Å². The highest BCUT2D eigenvalue weighted by atomic mass is 35.5. The summed E-state index contributed by atoms with van der Waals surface area (Å²) in [6.45, 7) is 2.30. The molecule has 0 radical (unpaired) electrons. The van der Waals surface area contributed by atoms with Crippen LogP contribution in [0.2, 0.25) is 5.02 Å². The fourth-order valence-corrected chi connectivity index (χ4v) is 4.13. The molecular formula is C22H17ClN4O2S. The Labute approximate surface area is 181 Å². The molecule has 150 valence electrons. The number of benzene rings is 2. The van der Waals surface area contributed by atoms with E-state index in [1.165, 1.54) is 0 Å². The van der Waals surface area contributed by atoms with Gasteiger partial charge in [0, 0.05) is 16.1 Å². The van der Waals surface area contributed by atoms with Crippen LogP contribution in [0.15, 0.2) is 54.2 Å². The summed E-state index contributed by atoms with van der Waals surface area (Å²) >= 11 is 7.69. The first-order chi connectivity index (χ1) is 14.6. The fraction of sp³-hybridized carbons (Fsp3) is 0.136. The zero-order chi connectivity index (χ0) is 20.7. The summed E-state index contributed by atoms with van der Waals surface area (Å²) < 4.78 is 13.2. The van der Waals surface area contributed by atoms with Crippen LogP contribution in [0.1, 0.15) is 11.1 Å². The summed E-state index contributed by atoms with van der Waals surface area (Å²) in [7, 11) is 1.65. The van der Waals surface area contributed by atoms with Gasteiger partial charge >= 0.3 is 0 Å². The summed E-state index contributed by atoms with van der Waals surface area (Å²) in [5.41, 5.74) is 3.55. The quantitative estimate of drug-likeness (QED) is 0.361. The number of hydrogen-bond acceptors (Lipinski definition) is 6. The Kier molecular flexibility index (Phi) is 4.77. The van der Waals surface area contributed by atoms with Crippen molar-refractivity contribution in [3.63, 3.8) is 0 Å². The van der Waals surface area contributed by atoms with Crippen molar-refractivity contribution in [3.8, 4) is 22.9 Å². The van der Waals surface area contributed by atoms with Crippen molar-refractivity contribution < 1.29 is 9.47 Å². The van der Waals surface area contributed by atoms with E-state index in [2.05, 4.69) is 10.1 Å². The van der Waals surface area contributed by atoms with Gasteiger partial charge in [-0.3, -0.25) is 0 Å². The zero-order valence-corrected chi connectivity index (χ0v) is 17.9. The molecule has 3 aromatic heterocycles. The third kappa shape index (κ3) is 3.36. The van der Waals surface area contributed by atoms with Crippen molar-refractivity contribution in [2.45, 2.75) is 13.5 Å². The Morgan fingerprint density at radius 2 is 2.03 bits per heavy atom. The molecule has 30 heavy (non-hydrogen) atoms. The van der Waals surface area contributed by atoms with Crippen LogP contribution >= 0.6 is 22.9 Å². The maximum absolute atomic E-state index is 6.10. The molecule has 0 unspecified atom stereocenters. The van der Waals surface area contributed by atoms with E-state index < -0.39 is 0 Å². The molecule has 0 aliphatic carbocycles. The molecule has 6 nitrogen and oxygen atoms in total. The Hall–Kier alpha value is -3.16. The van der Waals surface area contributed by atoms with Crippen LogP contribution in [0.5, 0.6) is 11.5 Å². The number of aryl methyl sites for hydroxylation is 1. The molecule has 3 heterocycles. The van der Waals surface area contributed by atoms with Crippen molar-refractivity contribution in [2.24, 2.45) is 0 Å². The lowest BCUT2D eigenvalue weighted by Crippen LogP contribution is -2.00. The van der Waals surface area contributed by atoms with Gasteiger partial charge in [0.15, 0.2) is 11.5 Å². The molecule has 0 N–H and O–H groups in total. The molecule has 0 bridgehead atoms. The molecule has 0 spiro atoms. The van der Waals surface area contributed by atoms with Crippen LogP contribution in [0, 0.1) is 6.92 Å². The zero-order valence-electron chi connectivity index (χ0n) is 16.3. The minimum atomic E-state index is 0.349. The second-order valence-electron chi connectivity index (χ2n) is 6.81. The van der Waals surface area contributed by atoms with Gasteiger partial charge in [-0.25, -0.2) is 14.5 Å². The maximum atomic E-state index is 6.10. The standard InChI is InChI=1S/C22H17ClN4O2S/c1-13-9-16(4-5-18(13)23)29-11-15-10-14(3-6-19(15)28-2)20-25-21-17-7-8-30-22(17)24-12-27(21)26-20/h3-10,12H,11H2,1-2H3. The normalized spacial score (nSPS) is 11.3. The topological polar surface area (TPSA) is 61.5 Å². The number of ether oxygens (including phenoxy) is 2. The van der Waals surface area contributed by atoms with Crippen LogP contribution in [0.3, 0.4) is 0 Å². The van der Waals surface area contributed by atoms with E-state index in [4.69, 9.17) is 26.1 Å². The van der Waals surface area contributed by atoms with Crippen molar-refractivity contribution >= 4 is 38.8 Å². The number of hydrogen-bond donors (Lipinski definition) is 0. The van der Waals surface area contributed by atoms with Crippen LogP contribution in [0.4, 0.5) is 0 Å². The minimum absolute atomic E-state index is 0.349. The van der Waals surface area contributed by atoms with E-state index in [0.29, 0.717) is 17.5 Å². The lowest BCUT2D eigenvalue weighted by Gasteiger charge is -2.12. The molecule has 0 fully saturated rings. The van der Waals surface area contributed by atoms with Gasteiger partial charge in [0.05, 0.1) is 12.5 Å². The van der Waals surface area contributed by atoms with Crippen LogP contribution < -0.4 is 9.47 Å². The van der Waals surface area contributed by atoms with Crippen molar-refractivity contribution in [2.75, 3.05) is 7.11 Å². The molecule has 0 aliphatic rings. The first kappa shape index (κ1) is 18.8. The van der Waals surface area contributed by atoms with Gasteiger partial charge in [0.1, 0.15) is 29.3 Å². The molecule has 0 amide bonds. The summed E-state index contributed by atoms with van der Waals surface area (Å²) in [6, 6.07) is 13.5.